The number of aryl methyl sites for hydroxylation is 1. The van der Waals surface area contributed by atoms with Gasteiger partial charge in [0.05, 0.1) is 29.0 Å². The molecule has 3 heterocycles. The highest BCUT2D eigenvalue weighted by Crippen LogP contribution is 2.49. The number of fused-ring (bicyclic) bond motifs is 1. The summed E-state index contributed by atoms with van der Waals surface area (Å²) in [7, 11) is 0. The van der Waals surface area contributed by atoms with Crippen LogP contribution in [0.2, 0.25) is 0 Å². The van der Waals surface area contributed by atoms with Gasteiger partial charge >= 0.3 is 0 Å². The Morgan fingerprint density at radius 3 is 2.63 bits per heavy atom. The fraction of sp³-hybridized carbons (Fsp3) is 0.341. The minimum absolute atomic E-state index is 0.0147. The van der Waals surface area contributed by atoms with Crippen molar-refractivity contribution in [2.75, 3.05) is 6.54 Å². The summed E-state index contributed by atoms with van der Waals surface area (Å²) in [6.45, 7) is 10.3. The maximum atomic E-state index is 14.0. The molecule has 8 nitrogen and oxygen atoms in total. The highest BCUT2D eigenvalue weighted by molar-refractivity contribution is 5.95. The number of hydrogen-bond acceptors (Lipinski definition) is 6. The molecule has 1 aliphatic heterocycles. The molecular formula is C41H46N4O4. The van der Waals surface area contributed by atoms with Gasteiger partial charge in [0.25, 0.3) is 11.5 Å². The maximum Gasteiger partial charge on any atom is 0.260 e. The van der Waals surface area contributed by atoms with Gasteiger partial charge in [-0.05, 0) is 79.5 Å². The molecule has 1 fully saturated rings. The van der Waals surface area contributed by atoms with E-state index in [1.165, 1.54) is 10.1 Å². The SMILES string of the molecule is C=CCc1cccc(C[C@H](NC(=O)c2cc(-c3ccccn3)c(=O)n(CC=C)c2)[C@H](O)CN[C@H]2CC3(CCC3)Oc3ccc(CC)cc32)c1. The minimum Gasteiger partial charge on any atom is -0.487 e. The number of carbonyl (C=O) groups is 1. The minimum atomic E-state index is -0.917. The third-order valence-electron chi connectivity index (χ3n) is 9.82. The molecular weight excluding hydrogens is 612 g/mol. The third kappa shape index (κ3) is 7.77. The zero-order valence-corrected chi connectivity index (χ0v) is 28.2. The van der Waals surface area contributed by atoms with Gasteiger partial charge < -0.3 is 25.0 Å². The predicted molar refractivity (Wildman–Crippen MR) is 194 cm³/mol. The number of aliphatic hydroxyl groups is 1. The molecule has 1 aliphatic carbocycles. The van der Waals surface area contributed by atoms with Gasteiger partial charge in [-0.2, -0.15) is 0 Å². The highest BCUT2D eigenvalue weighted by atomic mass is 16.5. The molecule has 254 valence electrons. The van der Waals surface area contributed by atoms with Crippen molar-refractivity contribution in [3.05, 3.63) is 143 Å². The van der Waals surface area contributed by atoms with Crippen LogP contribution in [0.3, 0.4) is 0 Å². The molecule has 1 amide bonds. The first-order chi connectivity index (χ1) is 23.8. The molecule has 3 atom stereocenters. The zero-order chi connectivity index (χ0) is 34.4. The van der Waals surface area contributed by atoms with Crippen molar-refractivity contribution >= 4 is 5.91 Å². The normalized spacial score (nSPS) is 17.2. The zero-order valence-electron chi connectivity index (χ0n) is 28.2. The number of allylic oxidation sites excluding steroid dienone is 2. The number of carbonyl (C=O) groups excluding carboxylic acids is 1. The van der Waals surface area contributed by atoms with Crippen LogP contribution in [0.1, 0.15) is 71.3 Å². The molecule has 4 aromatic rings. The Hall–Kier alpha value is -4.79. The standard InChI is InChI=1S/C41H46N4O4/c1-4-11-29-12-9-13-30(21-29)23-35(44-39(47)31-24-33(34-14-7-8-19-42-34)40(48)45(27-31)20-5-2)37(46)26-43-36-25-41(17-10-18-41)49-38-16-15-28(6-3)22-32(36)38/h4-5,7-9,12-16,19,21-22,24,27,35-37,43,46H,1-2,6,10-11,17-18,20,23,25-26H2,3H3,(H,44,47)/t35-,36-,37+/m0/s1. The second-order valence-electron chi connectivity index (χ2n) is 13.3. The molecule has 6 rings (SSSR count). The molecule has 8 heteroatoms. The van der Waals surface area contributed by atoms with Crippen LogP contribution in [-0.4, -0.2) is 44.9 Å². The van der Waals surface area contributed by atoms with E-state index in [2.05, 4.69) is 60.0 Å². The number of aromatic nitrogens is 2. The molecule has 0 radical (unpaired) electrons. The van der Waals surface area contributed by atoms with Crippen LogP contribution in [0.15, 0.2) is 109 Å². The Bertz CT molecular complexity index is 1860. The summed E-state index contributed by atoms with van der Waals surface area (Å²) in [5, 5.41) is 18.6. The number of nitrogens with one attached hydrogen (secondary N) is 2. The topological polar surface area (TPSA) is 105 Å². The monoisotopic (exact) mass is 658 g/mol. The average molecular weight is 659 g/mol. The van der Waals surface area contributed by atoms with Crippen molar-refractivity contribution in [1.29, 1.82) is 0 Å². The van der Waals surface area contributed by atoms with Crippen molar-refractivity contribution in [1.82, 2.24) is 20.2 Å². The van der Waals surface area contributed by atoms with Gasteiger partial charge in [-0.3, -0.25) is 14.6 Å². The quantitative estimate of drug-likeness (QED) is 0.141. The Labute approximate surface area is 288 Å². The van der Waals surface area contributed by atoms with Crippen LogP contribution in [0.5, 0.6) is 5.75 Å². The first-order valence-corrected chi connectivity index (χ1v) is 17.3. The Morgan fingerprint density at radius 2 is 1.92 bits per heavy atom. The number of benzene rings is 2. The van der Waals surface area contributed by atoms with Crippen LogP contribution in [0.25, 0.3) is 11.3 Å². The van der Waals surface area contributed by atoms with Gasteiger partial charge in [0, 0.05) is 43.5 Å². The summed E-state index contributed by atoms with van der Waals surface area (Å²) in [6, 6.07) is 20.9. The summed E-state index contributed by atoms with van der Waals surface area (Å²) in [5.74, 6) is 0.524. The molecule has 0 unspecified atom stereocenters. The summed E-state index contributed by atoms with van der Waals surface area (Å²) in [4.78, 5) is 31.7. The van der Waals surface area contributed by atoms with E-state index < -0.39 is 18.1 Å². The number of pyridine rings is 2. The van der Waals surface area contributed by atoms with E-state index in [0.29, 0.717) is 23.2 Å². The van der Waals surface area contributed by atoms with Crippen molar-refractivity contribution in [2.45, 2.75) is 82.2 Å². The fourth-order valence-electron chi connectivity index (χ4n) is 6.98. The number of hydrogen-bond donors (Lipinski definition) is 3. The molecule has 2 aromatic heterocycles. The van der Waals surface area contributed by atoms with E-state index in [4.69, 9.17) is 4.74 Å². The van der Waals surface area contributed by atoms with Crippen molar-refractivity contribution in [2.24, 2.45) is 0 Å². The van der Waals surface area contributed by atoms with Crippen LogP contribution < -0.4 is 20.9 Å². The second-order valence-corrected chi connectivity index (χ2v) is 13.3. The van der Waals surface area contributed by atoms with E-state index in [0.717, 1.165) is 61.0 Å². The van der Waals surface area contributed by atoms with Crippen molar-refractivity contribution in [3.8, 4) is 17.0 Å². The molecule has 3 N–H and O–H groups in total. The number of nitrogens with zero attached hydrogens (tertiary/aromatic N) is 2. The van der Waals surface area contributed by atoms with Gasteiger partial charge in [0.1, 0.15) is 11.4 Å². The van der Waals surface area contributed by atoms with Gasteiger partial charge in [-0.25, -0.2) is 0 Å². The summed E-state index contributed by atoms with van der Waals surface area (Å²) >= 11 is 0. The van der Waals surface area contributed by atoms with E-state index in [1.54, 1.807) is 42.7 Å². The first-order valence-electron chi connectivity index (χ1n) is 17.3. The van der Waals surface area contributed by atoms with Crippen LogP contribution in [0.4, 0.5) is 0 Å². The lowest BCUT2D eigenvalue weighted by molar-refractivity contribution is -0.0382. The Kier molecular flexibility index (Phi) is 10.6. The van der Waals surface area contributed by atoms with Crippen LogP contribution >= 0.6 is 0 Å². The maximum absolute atomic E-state index is 14.0. The lowest BCUT2D eigenvalue weighted by atomic mass is 9.72. The van der Waals surface area contributed by atoms with Gasteiger partial charge in [0.15, 0.2) is 0 Å². The molecule has 2 aliphatic rings. The smallest absolute Gasteiger partial charge is 0.260 e. The fourth-order valence-corrected chi connectivity index (χ4v) is 6.98. The van der Waals surface area contributed by atoms with E-state index in [1.807, 2.05) is 24.3 Å². The average Bonchev–Trinajstić information content (AvgIpc) is 3.10. The second kappa shape index (κ2) is 15.2. The van der Waals surface area contributed by atoms with Gasteiger partial charge in [0.2, 0.25) is 0 Å². The van der Waals surface area contributed by atoms with Crippen molar-refractivity contribution in [3.63, 3.8) is 0 Å². The first kappa shape index (κ1) is 34.1. The molecule has 0 bridgehead atoms. The number of rotatable bonds is 14. The molecule has 2 aromatic carbocycles. The van der Waals surface area contributed by atoms with E-state index in [9.17, 15) is 14.7 Å². The van der Waals surface area contributed by atoms with E-state index in [-0.39, 0.29) is 30.3 Å². The van der Waals surface area contributed by atoms with Gasteiger partial charge in [-0.1, -0.05) is 61.5 Å². The number of aliphatic hydroxyl groups excluding tert-OH is 1. The molecule has 49 heavy (non-hydrogen) atoms. The number of ether oxygens (including phenoxy) is 1. The molecule has 1 saturated carbocycles. The van der Waals surface area contributed by atoms with Gasteiger partial charge in [-0.15, -0.1) is 13.2 Å². The third-order valence-corrected chi connectivity index (χ3v) is 9.82. The van der Waals surface area contributed by atoms with Crippen LogP contribution in [0, 0.1) is 0 Å². The van der Waals surface area contributed by atoms with Crippen molar-refractivity contribution < 1.29 is 14.6 Å². The van der Waals surface area contributed by atoms with E-state index >= 15 is 0 Å². The lowest BCUT2D eigenvalue weighted by Gasteiger charge is -2.48. The lowest BCUT2D eigenvalue weighted by Crippen LogP contribution is -2.52. The Balaban J connectivity index is 1.28. The summed E-state index contributed by atoms with van der Waals surface area (Å²) in [6.07, 6.45) is 11.8. The Morgan fingerprint density at radius 1 is 1.08 bits per heavy atom. The summed E-state index contributed by atoms with van der Waals surface area (Å²) in [5.41, 5.74) is 5.13. The summed E-state index contributed by atoms with van der Waals surface area (Å²) < 4.78 is 7.99. The molecule has 0 saturated heterocycles. The predicted octanol–water partition coefficient (Wildman–Crippen LogP) is 6.13. The molecule has 1 spiro atoms. The largest absolute Gasteiger partial charge is 0.487 e. The van der Waals surface area contributed by atoms with Crippen LogP contribution in [-0.2, 0) is 25.8 Å². The number of amides is 1. The highest BCUT2D eigenvalue weighted by Gasteiger charge is 2.45.